The van der Waals surface area contributed by atoms with Crippen LogP contribution in [0.3, 0.4) is 0 Å². The zero-order valence-corrected chi connectivity index (χ0v) is 11.9. The summed E-state index contributed by atoms with van der Waals surface area (Å²) in [4.78, 5) is 23.7. The van der Waals surface area contributed by atoms with Gasteiger partial charge in [-0.05, 0) is 44.5 Å². The summed E-state index contributed by atoms with van der Waals surface area (Å²) in [5.41, 5.74) is 1.84. The van der Waals surface area contributed by atoms with Crippen LogP contribution in [0.5, 0.6) is 0 Å². The summed E-state index contributed by atoms with van der Waals surface area (Å²) in [5, 5.41) is 2.56. The number of hydrogen-bond acceptors (Lipinski definition) is 3. The number of carbonyl (C=O) groups is 1. The lowest BCUT2D eigenvalue weighted by Crippen LogP contribution is -2.17. The van der Waals surface area contributed by atoms with Gasteiger partial charge in [0.2, 0.25) is 0 Å². The molecule has 0 fully saturated rings. The van der Waals surface area contributed by atoms with Crippen LogP contribution in [0, 0.1) is 33.2 Å². The first-order valence-corrected chi connectivity index (χ1v) is 6.22. The second-order valence-corrected chi connectivity index (χ2v) is 4.59. The summed E-state index contributed by atoms with van der Waals surface area (Å²) < 4.78 is 13.2. The van der Waals surface area contributed by atoms with Crippen LogP contribution < -0.4 is 5.32 Å². The van der Waals surface area contributed by atoms with Crippen molar-refractivity contribution in [3.8, 4) is 0 Å². The van der Waals surface area contributed by atoms with E-state index in [1.165, 1.54) is 19.1 Å². The first-order valence-electron chi connectivity index (χ1n) is 6.22. The number of aromatic nitrogens is 2. The lowest BCUT2D eigenvalue weighted by Gasteiger charge is -2.09. The van der Waals surface area contributed by atoms with Crippen molar-refractivity contribution in [3.63, 3.8) is 0 Å². The van der Waals surface area contributed by atoms with E-state index in [2.05, 4.69) is 20.1 Å². The summed E-state index contributed by atoms with van der Waals surface area (Å²) in [6, 6.07) is 4.24. The van der Waals surface area contributed by atoms with E-state index in [0.717, 1.165) is 0 Å². The van der Waals surface area contributed by atoms with Gasteiger partial charge in [-0.2, -0.15) is 0 Å². The third-order valence-electron chi connectivity index (χ3n) is 2.97. The number of rotatable bonds is 2. The molecule has 2 heterocycles. The topological polar surface area (TPSA) is 59.2 Å². The summed E-state index contributed by atoms with van der Waals surface area (Å²) in [6.45, 7) is 12.0. The van der Waals surface area contributed by atoms with Crippen LogP contribution in [-0.2, 0) is 0 Å². The smallest absolute Gasteiger partial charge is 0.274 e. The van der Waals surface area contributed by atoms with Gasteiger partial charge in [-0.3, -0.25) is 9.78 Å². The van der Waals surface area contributed by atoms with E-state index in [-0.39, 0.29) is 17.2 Å². The molecule has 0 spiro atoms. The standard InChI is InChI=1S/C15H13FN4O/c1-8-7-12(17-4)9(2)14(18-8)15(21)20-13-6-5-11(16)10(3)19-13/h5-7H,1-3H3,(H,19,20,21). The average molecular weight is 284 g/mol. The number of pyridine rings is 2. The largest absolute Gasteiger partial charge is 0.305 e. The molecule has 21 heavy (non-hydrogen) atoms. The third kappa shape index (κ3) is 3.03. The molecule has 0 unspecified atom stereocenters. The molecule has 0 bridgehead atoms. The molecular formula is C15H13FN4O. The number of nitrogens with one attached hydrogen (secondary N) is 1. The van der Waals surface area contributed by atoms with Crippen LogP contribution in [0.4, 0.5) is 15.9 Å². The molecule has 0 atom stereocenters. The molecule has 6 heteroatoms. The first kappa shape index (κ1) is 14.6. The fourth-order valence-corrected chi connectivity index (χ4v) is 1.85. The Hall–Kier alpha value is -2.81. The quantitative estimate of drug-likeness (QED) is 0.860. The lowest BCUT2D eigenvalue weighted by molar-refractivity contribution is 0.102. The van der Waals surface area contributed by atoms with E-state index in [9.17, 15) is 9.18 Å². The van der Waals surface area contributed by atoms with Gasteiger partial charge in [0, 0.05) is 5.69 Å². The number of nitrogens with zero attached hydrogens (tertiary/aromatic N) is 3. The number of aryl methyl sites for hydroxylation is 2. The first-order chi connectivity index (χ1) is 9.92. The third-order valence-corrected chi connectivity index (χ3v) is 2.97. The van der Waals surface area contributed by atoms with E-state index in [0.29, 0.717) is 16.9 Å². The van der Waals surface area contributed by atoms with Gasteiger partial charge in [0.05, 0.1) is 12.3 Å². The fourth-order valence-electron chi connectivity index (χ4n) is 1.85. The Balaban J connectivity index is 2.35. The molecule has 2 rings (SSSR count). The van der Waals surface area contributed by atoms with E-state index < -0.39 is 11.7 Å². The zero-order valence-electron chi connectivity index (χ0n) is 11.9. The number of anilines is 1. The summed E-state index contributed by atoms with van der Waals surface area (Å²) in [7, 11) is 0. The van der Waals surface area contributed by atoms with Crippen LogP contribution in [0.2, 0.25) is 0 Å². The van der Waals surface area contributed by atoms with Gasteiger partial charge in [-0.1, -0.05) is 0 Å². The Kier molecular flexibility index (Phi) is 3.94. The Labute approximate surface area is 121 Å². The van der Waals surface area contributed by atoms with Crippen molar-refractivity contribution >= 4 is 17.4 Å². The van der Waals surface area contributed by atoms with Gasteiger partial charge in [0.15, 0.2) is 5.69 Å². The molecule has 106 valence electrons. The van der Waals surface area contributed by atoms with Gasteiger partial charge < -0.3 is 5.32 Å². The van der Waals surface area contributed by atoms with E-state index in [4.69, 9.17) is 6.57 Å². The molecule has 0 saturated heterocycles. The normalized spacial score (nSPS) is 10.0. The van der Waals surface area contributed by atoms with Crippen molar-refractivity contribution in [2.24, 2.45) is 0 Å². The molecule has 2 aromatic heterocycles. The van der Waals surface area contributed by atoms with Crippen molar-refractivity contribution in [1.29, 1.82) is 0 Å². The van der Waals surface area contributed by atoms with Gasteiger partial charge >= 0.3 is 0 Å². The minimum Gasteiger partial charge on any atom is -0.305 e. The van der Waals surface area contributed by atoms with Gasteiger partial charge in [-0.15, -0.1) is 0 Å². The van der Waals surface area contributed by atoms with Crippen molar-refractivity contribution in [1.82, 2.24) is 9.97 Å². The maximum absolute atomic E-state index is 13.2. The number of amides is 1. The second-order valence-electron chi connectivity index (χ2n) is 4.59. The van der Waals surface area contributed by atoms with Crippen LogP contribution in [0.1, 0.15) is 27.4 Å². The van der Waals surface area contributed by atoms with Crippen molar-refractivity contribution in [2.45, 2.75) is 20.8 Å². The molecule has 0 aliphatic carbocycles. The maximum atomic E-state index is 13.2. The zero-order chi connectivity index (χ0) is 15.6. The Bertz CT molecular complexity index is 765. The lowest BCUT2D eigenvalue weighted by atomic mass is 10.1. The van der Waals surface area contributed by atoms with Crippen molar-refractivity contribution in [3.05, 3.63) is 58.1 Å². The molecule has 0 aromatic carbocycles. The molecule has 2 aromatic rings. The molecule has 0 saturated carbocycles. The molecule has 0 aliphatic heterocycles. The molecule has 1 N–H and O–H groups in total. The molecule has 0 radical (unpaired) electrons. The van der Waals surface area contributed by atoms with Gasteiger partial charge in [-0.25, -0.2) is 14.2 Å². The van der Waals surface area contributed by atoms with Crippen LogP contribution in [0.15, 0.2) is 18.2 Å². The van der Waals surface area contributed by atoms with E-state index in [1.807, 2.05) is 0 Å². The van der Waals surface area contributed by atoms with E-state index in [1.54, 1.807) is 19.9 Å². The highest BCUT2D eigenvalue weighted by Crippen LogP contribution is 2.22. The van der Waals surface area contributed by atoms with Crippen LogP contribution >= 0.6 is 0 Å². The van der Waals surface area contributed by atoms with Crippen LogP contribution in [0.25, 0.3) is 4.85 Å². The highest BCUT2D eigenvalue weighted by molar-refractivity contribution is 6.04. The molecule has 5 nitrogen and oxygen atoms in total. The maximum Gasteiger partial charge on any atom is 0.274 e. The number of halogens is 1. The summed E-state index contributed by atoms with van der Waals surface area (Å²) >= 11 is 0. The minimum absolute atomic E-state index is 0.171. The average Bonchev–Trinajstić information content (AvgIpc) is 2.44. The summed E-state index contributed by atoms with van der Waals surface area (Å²) in [5.74, 6) is -0.668. The highest BCUT2D eigenvalue weighted by Gasteiger charge is 2.15. The predicted molar refractivity (Wildman–Crippen MR) is 76.9 cm³/mol. The minimum atomic E-state index is -0.473. The summed E-state index contributed by atoms with van der Waals surface area (Å²) in [6.07, 6.45) is 0. The Morgan fingerprint density at radius 1 is 1.29 bits per heavy atom. The van der Waals surface area contributed by atoms with Crippen LogP contribution in [-0.4, -0.2) is 15.9 Å². The van der Waals surface area contributed by atoms with Crippen molar-refractivity contribution in [2.75, 3.05) is 5.32 Å². The van der Waals surface area contributed by atoms with Gasteiger partial charge in [0.1, 0.15) is 17.3 Å². The predicted octanol–water partition coefficient (Wildman–Crippen LogP) is 3.34. The molecule has 0 aliphatic rings. The molecular weight excluding hydrogens is 271 g/mol. The Morgan fingerprint density at radius 3 is 2.62 bits per heavy atom. The molecule has 1 amide bonds. The fraction of sp³-hybridized carbons (Fsp3) is 0.200. The Morgan fingerprint density at radius 2 is 2.00 bits per heavy atom. The number of hydrogen-bond donors (Lipinski definition) is 1. The van der Waals surface area contributed by atoms with E-state index >= 15 is 0 Å². The SMILES string of the molecule is [C-]#[N+]c1cc(C)nc(C(=O)Nc2ccc(F)c(C)n2)c1C. The second kappa shape index (κ2) is 5.67. The highest BCUT2D eigenvalue weighted by atomic mass is 19.1. The van der Waals surface area contributed by atoms with Gasteiger partial charge in [0.25, 0.3) is 5.91 Å². The van der Waals surface area contributed by atoms with Crippen molar-refractivity contribution < 1.29 is 9.18 Å². The monoisotopic (exact) mass is 284 g/mol. The number of carbonyl (C=O) groups excluding carboxylic acids is 1.